The predicted octanol–water partition coefficient (Wildman–Crippen LogP) is 3.65. The minimum atomic E-state index is 0.522. The van der Waals surface area contributed by atoms with E-state index in [-0.39, 0.29) is 0 Å². The van der Waals surface area contributed by atoms with Gasteiger partial charge in [0, 0.05) is 31.7 Å². The van der Waals surface area contributed by atoms with Gasteiger partial charge < -0.3 is 9.64 Å². The number of aromatic nitrogens is 2. The Hall–Kier alpha value is -0.870. The summed E-state index contributed by atoms with van der Waals surface area (Å²) in [5, 5.41) is 0.565. The number of ether oxygens (including phenoxy) is 1. The van der Waals surface area contributed by atoms with E-state index in [1.807, 2.05) is 6.07 Å². The van der Waals surface area contributed by atoms with Crippen molar-refractivity contribution in [2.24, 2.45) is 5.92 Å². The Morgan fingerprint density at radius 2 is 2.10 bits per heavy atom. The van der Waals surface area contributed by atoms with E-state index < -0.39 is 0 Å². The van der Waals surface area contributed by atoms with Crippen molar-refractivity contribution in [2.75, 3.05) is 25.2 Å². The van der Waals surface area contributed by atoms with Crippen LogP contribution < -0.4 is 4.90 Å². The molecule has 4 nitrogen and oxygen atoms in total. The Balaban J connectivity index is 1.84. The van der Waals surface area contributed by atoms with Crippen molar-refractivity contribution in [3.63, 3.8) is 0 Å². The SMILES string of the molecule is COCCN(c1cc(Cl)nc(C2CC2)n1)C1CCC(C)C1. The molecule has 2 aliphatic carbocycles. The molecule has 0 saturated heterocycles. The van der Waals surface area contributed by atoms with Crippen LogP contribution in [0.3, 0.4) is 0 Å². The van der Waals surface area contributed by atoms with Crippen molar-refractivity contribution in [3.8, 4) is 0 Å². The smallest absolute Gasteiger partial charge is 0.135 e. The highest BCUT2D eigenvalue weighted by Gasteiger charge is 2.31. The van der Waals surface area contributed by atoms with Gasteiger partial charge in [-0.25, -0.2) is 9.97 Å². The van der Waals surface area contributed by atoms with E-state index >= 15 is 0 Å². The van der Waals surface area contributed by atoms with Crippen molar-refractivity contribution in [1.82, 2.24) is 9.97 Å². The number of hydrogen-bond donors (Lipinski definition) is 0. The Morgan fingerprint density at radius 1 is 1.29 bits per heavy atom. The Morgan fingerprint density at radius 3 is 2.71 bits per heavy atom. The molecule has 0 amide bonds. The lowest BCUT2D eigenvalue weighted by atomic mass is 10.1. The molecule has 2 fully saturated rings. The van der Waals surface area contributed by atoms with Gasteiger partial charge in [-0.1, -0.05) is 18.5 Å². The van der Waals surface area contributed by atoms with Crippen LogP contribution in [0, 0.1) is 5.92 Å². The summed E-state index contributed by atoms with van der Waals surface area (Å²) >= 11 is 6.23. The lowest BCUT2D eigenvalue weighted by molar-refractivity contribution is 0.202. The summed E-state index contributed by atoms with van der Waals surface area (Å²) in [4.78, 5) is 11.6. The van der Waals surface area contributed by atoms with Crippen LogP contribution in [0.25, 0.3) is 0 Å². The first-order valence-electron chi connectivity index (χ1n) is 7.97. The van der Waals surface area contributed by atoms with E-state index in [9.17, 15) is 0 Å². The molecular formula is C16H24ClN3O. The minimum absolute atomic E-state index is 0.522. The van der Waals surface area contributed by atoms with Gasteiger partial charge in [0.1, 0.15) is 16.8 Å². The average molecular weight is 310 g/mol. The number of hydrogen-bond acceptors (Lipinski definition) is 4. The van der Waals surface area contributed by atoms with Crippen LogP contribution in [0.1, 0.15) is 50.8 Å². The lowest BCUT2D eigenvalue weighted by Gasteiger charge is -2.30. The maximum atomic E-state index is 6.23. The monoisotopic (exact) mass is 309 g/mol. The second-order valence-corrected chi connectivity index (χ2v) is 6.83. The van der Waals surface area contributed by atoms with Gasteiger partial charge in [0.25, 0.3) is 0 Å². The van der Waals surface area contributed by atoms with Crippen LogP contribution >= 0.6 is 11.6 Å². The molecular weight excluding hydrogens is 286 g/mol. The quantitative estimate of drug-likeness (QED) is 0.752. The Labute approximate surface area is 131 Å². The number of rotatable bonds is 6. The fourth-order valence-electron chi connectivity index (χ4n) is 3.23. The van der Waals surface area contributed by atoms with Crippen molar-refractivity contribution in [3.05, 3.63) is 17.0 Å². The van der Waals surface area contributed by atoms with Gasteiger partial charge in [-0.05, 0) is 38.0 Å². The molecule has 21 heavy (non-hydrogen) atoms. The summed E-state index contributed by atoms with van der Waals surface area (Å²) in [6, 6.07) is 2.46. The fraction of sp³-hybridized carbons (Fsp3) is 0.750. The summed E-state index contributed by atoms with van der Waals surface area (Å²) in [6.07, 6.45) is 6.13. The van der Waals surface area contributed by atoms with Gasteiger partial charge in [0.05, 0.1) is 6.61 Å². The summed E-state index contributed by atoms with van der Waals surface area (Å²) in [7, 11) is 1.75. The predicted molar refractivity (Wildman–Crippen MR) is 85.0 cm³/mol. The molecule has 3 rings (SSSR count). The normalized spacial score (nSPS) is 25.3. The summed E-state index contributed by atoms with van der Waals surface area (Å²) in [5.74, 6) is 3.22. The van der Waals surface area contributed by atoms with E-state index in [0.717, 1.165) is 24.1 Å². The zero-order valence-electron chi connectivity index (χ0n) is 12.9. The molecule has 5 heteroatoms. The maximum absolute atomic E-state index is 6.23. The van der Waals surface area contributed by atoms with Gasteiger partial charge >= 0.3 is 0 Å². The van der Waals surface area contributed by atoms with Crippen LogP contribution in [0.4, 0.5) is 5.82 Å². The fourth-order valence-corrected chi connectivity index (χ4v) is 3.41. The first-order valence-corrected chi connectivity index (χ1v) is 8.35. The largest absolute Gasteiger partial charge is 0.383 e. The van der Waals surface area contributed by atoms with Crippen LogP contribution in [0.15, 0.2) is 6.07 Å². The highest BCUT2D eigenvalue weighted by atomic mass is 35.5. The standard InChI is InChI=1S/C16H24ClN3O/c1-11-3-6-13(9-11)20(7-8-21-2)15-10-14(17)18-16(19-15)12-4-5-12/h10-13H,3-9H2,1-2H3. The van der Waals surface area contributed by atoms with Crippen LogP contribution in [0.5, 0.6) is 0 Å². The molecule has 2 atom stereocenters. The van der Waals surface area contributed by atoms with Crippen LogP contribution in [-0.2, 0) is 4.74 Å². The third-order valence-electron chi connectivity index (χ3n) is 4.58. The summed E-state index contributed by atoms with van der Waals surface area (Å²) in [5.41, 5.74) is 0. The van der Waals surface area contributed by atoms with Crippen molar-refractivity contribution >= 4 is 17.4 Å². The number of methoxy groups -OCH3 is 1. The van der Waals surface area contributed by atoms with Crippen LogP contribution in [-0.4, -0.2) is 36.3 Å². The Kier molecular flexibility index (Phi) is 4.65. The Bertz CT molecular complexity index is 492. The first-order chi connectivity index (χ1) is 10.2. The third-order valence-corrected chi connectivity index (χ3v) is 4.77. The van der Waals surface area contributed by atoms with Gasteiger partial charge in [-0.15, -0.1) is 0 Å². The van der Waals surface area contributed by atoms with Crippen molar-refractivity contribution in [1.29, 1.82) is 0 Å². The molecule has 0 spiro atoms. The summed E-state index contributed by atoms with van der Waals surface area (Å²) in [6.45, 7) is 3.91. The van der Waals surface area contributed by atoms with Gasteiger partial charge in [0.2, 0.25) is 0 Å². The molecule has 1 aromatic rings. The van der Waals surface area contributed by atoms with Gasteiger partial charge in [-0.2, -0.15) is 0 Å². The van der Waals surface area contributed by atoms with E-state index in [4.69, 9.17) is 21.3 Å². The average Bonchev–Trinajstić information content (AvgIpc) is 3.22. The van der Waals surface area contributed by atoms with Crippen molar-refractivity contribution in [2.45, 2.75) is 51.0 Å². The van der Waals surface area contributed by atoms with Crippen LogP contribution in [0.2, 0.25) is 5.15 Å². The number of halogens is 1. The van der Waals surface area contributed by atoms with Crippen molar-refractivity contribution < 1.29 is 4.74 Å². The molecule has 0 aromatic carbocycles. The molecule has 1 heterocycles. The van der Waals surface area contributed by atoms with E-state index in [1.54, 1.807) is 7.11 Å². The zero-order valence-corrected chi connectivity index (χ0v) is 13.6. The molecule has 2 unspecified atom stereocenters. The zero-order chi connectivity index (χ0) is 14.8. The molecule has 2 saturated carbocycles. The summed E-state index contributed by atoms with van der Waals surface area (Å²) < 4.78 is 5.28. The molecule has 0 radical (unpaired) electrons. The second-order valence-electron chi connectivity index (χ2n) is 6.44. The molecule has 1 aromatic heterocycles. The first kappa shape index (κ1) is 15.0. The molecule has 0 bridgehead atoms. The lowest BCUT2D eigenvalue weighted by Crippen LogP contribution is -2.37. The van der Waals surface area contributed by atoms with E-state index in [1.165, 1.54) is 32.1 Å². The van der Waals surface area contributed by atoms with E-state index in [0.29, 0.717) is 23.7 Å². The van der Waals surface area contributed by atoms with Gasteiger partial charge in [-0.3, -0.25) is 0 Å². The maximum Gasteiger partial charge on any atom is 0.135 e. The molecule has 2 aliphatic rings. The molecule has 0 aliphatic heterocycles. The van der Waals surface area contributed by atoms with E-state index in [2.05, 4.69) is 16.8 Å². The number of anilines is 1. The number of nitrogens with zero attached hydrogens (tertiary/aromatic N) is 3. The second kappa shape index (κ2) is 6.49. The molecule has 0 N–H and O–H groups in total. The minimum Gasteiger partial charge on any atom is -0.383 e. The van der Waals surface area contributed by atoms with Gasteiger partial charge in [0.15, 0.2) is 0 Å². The highest BCUT2D eigenvalue weighted by Crippen LogP contribution is 2.39. The third kappa shape index (κ3) is 3.67. The molecule has 116 valence electrons. The topological polar surface area (TPSA) is 38.2 Å². The highest BCUT2D eigenvalue weighted by molar-refractivity contribution is 6.29.